The summed E-state index contributed by atoms with van der Waals surface area (Å²) in [6.45, 7) is 3.70. The van der Waals surface area contributed by atoms with E-state index in [-0.39, 0.29) is 25.3 Å². The van der Waals surface area contributed by atoms with E-state index in [4.69, 9.17) is 4.42 Å². The Hall–Kier alpha value is -2.90. The first-order chi connectivity index (χ1) is 11.9. The summed E-state index contributed by atoms with van der Waals surface area (Å²) in [4.78, 5) is 32.1. The quantitative estimate of drug-likeness (QED) is 0.754. The molecule has 0 aromatic carbocycles. The number of pyridine rings is 1. The van der Waals surface area contributed by atoms with Crippen LogP contribution in [0.1, 0.15) is 26.2 Å². The Kier molecular flexibility index (Phi) is 6.10. The maximum Gasteiger partial charge on any atom is 0.408 e. The molecule has 8 heteroatoms. The van der Waals surface area contributed by atoms with Gasteiger partial charge < -0.3 is 14.6 Å². The topological polar surface area (TPSA) is 117 Å². The molecule has 0 aliphatic heterocycles. The molecule has 2 aromatic heterocycles. The Morgan fingerprint density at radius 2 is 1.92 bits per heavy atom. The van der Waals surface area contributed by atoms with Crippen molar-refractivity contribution in [3.63, 3.8) is 0 Å². The number of amides is 1. The van der Waals surface area contributed by atoms with Crippen LogP contribution in [0.3, 0.4) is 0 Å². The number of hydrogen-bond donors (Lipinski definition) is 2. The number of carboxylic acid groups (broad SMARTS) is 2. The first kappa shape index (κ1) is 18.4. The smallest absolute Gasteiger partial charge is 0.408 e. The molecule has 25 heavy (non-hydrogen) atoms. The van der Waals surface area contributed by atoms with Crippen LogP contribution in [0.25, 0.3) is 11.3 Å². The minimum atomic E-state index is -1.27. The van der Waals surface area contributed by atoms with E-state index in [9.17, 15) is 19.8 Å². The van der Waals surface area contributed by atoms with Crippen LogP contribution in [-0.2, 0) is 11.2 Å². The number of carbonyl (C=O) groups is 2. The number of carboxylic acids is 1. The summed E-state index contributed by atoms with van der Waals surface area (Å²) in [6, 6.07) is 2.48. The van der Waals surface area contributed by atoms with Gasteiger partial charge >= 0.3 is 12.1 Å². The van der Waals surface area contributed by atoms with Crippen LogP contribution >= 0.6 is 0 Å². The van der Waals surface area contributed by atoms with Crippen molar-refractivity contribution in [3.05, 3.63) is 36.7 Å². The molecule has 0 spiro atoms. The van der Waals surface area contributed by atoms with Crippen LogP contribution in [0.5, 0.6) is 0 Å². The van der Waals surface area contributed by atoms with Crippen molar-refractivity contribution in [1.82, 2.24) is 14.9 Å². The molecule has 0 fully saturated rings. The van der Waals surface area contributed by atoms with Crippen molar-refractivity contribution in [3.8, 4) is 11.3 Å². The van der Waals surface area contributed by atoms with E-state index in [0.717, 1.165) is 10.5 Å². The third-order valence-corrected chi connectivity index (χ3v) is 3.70. The highest BCUT2D eigenvalue weighted by Crippen LogP contribution is 2.18. The minimum Gasteiger partial charge on any atom is -0.480 e. The second kappa shape index (κ2) is 8.27. The largest absolute Gasteiger partial charge is 0.480 e. The van der Waals surface area contributed by atoms with Gasteiger partial charge in [-0.2, -0.15) is 0 Å². The van der Waals surface area contributed by atoms with Crippen LogP contribution in [0.4, 0.5) is 4.79 Å². The zero-order chi connectivity index (χ0) is 18.4. The van der Waals surface area contributed by atoms with Gasteiger partial charge in [0.1, 0.15) is 18.0 Å². The highest BCUT2D eigenvalue weighted by Gasteiger charge is 2.30. The van der Waals surface area contributed by atoms with Gasteiger partial charge in [-0.25, -0.2) is 14.6 Å². The standard InChI is InChI=1S/C17H21N3O5/c1-11(2)9-14(16(21)22)20(17(23)24)8-5-15-19-13(10-25-15)12-3-6-18-7-4-12/h3-4,6-7,10-11,14H,5,8-9H2,1-2H3,(H,21,22)(H,23,24). The maximum absolute atomic E-state index is 11.5. The summed E-state index contributed by atoms with van der Waals surface area (Å²) in [5.41, 5.74) is 1.46. The third kappa shape index (κ3) is 5.03. The summed E-state index contributed by atoms with van der Waals surface area (Å²) >= 11 is 0. The maximum atomic E-state index is 11.5. The summed E-state index contributed by atoms with van der Waals surface area (Å²) in [5, 5.41) is 18.7. The average Bonchev–Trinajstić information content (AvgIpc) is 3.03. The normalized spacial score (nSPS) is 12.1. The van der Waals surface area contributed by atoms with E-state index < -0.39 is 18.1 Å². The SMILES string of the molecule is CC(C)CC(C(=O)O)N(CCc1nc(-c2ccncc2)co1)C(=O)O. The number of aliphatic carboxylic acids is 1. The molecule has 2 rings (SSSR count). The van der Waals surface area contributed by atoms with E-state index in [0.29, 0.717) is 11.6 Å². The predicted molar refractivity (Wildman–Crippen MR) is 89.0 cm³/mol. The molecule has 0 bridgehead atoms. The van der Waals surface area contributed by atoms with Crippen molar-refractivity contribution in [2.24, 2.45) is 5.92 Å². The fraction of sp³-hybridized carbons (Fsp3) is 0.412. The van der Waals surface area contributed by atoms with Crippen LogP contribution in [-0.4, -0.2) is 49.7 Å². The Labute approximate surface area is 145 Å². The van der Waals surface area contributed by atoms with Gasteiger partial charge in [0, 0.05) is 30.9 Å². The monoisotopic (exact) mass is 347 g/mol. The molecular weight excluding hydrogens is 326 g/mol. The number of nitrogens with zero attached hydrogens (tertiary/aromatic N) is 3. The van der Waals surface area contributed by atoms with E-state index in [1.54, 1.807) is 24.5 Å². The second-order valence-corrected chi connectivity index (χ2v) is 6.07. The second-order valence-electron chi connectivity index (χ2n) is 6.07. The molecular formula is C17H21N3O5. The lowest BCUT2D eigenvalue weighted by molar-refractivity contribution is -0.143. The molecule has 1 amide bonds. The lowest BCUT2D eigenvalue weighted by Gasteiger charge is -2.27. The summed E-state index contributed by atoms with van der Waals surface area (Å²) in [6.07, 6.45) is 3.93. The molecule has 8 nitrogen and oxygen atoms in total. The van der Waals surface area contributed by atoms with Gasteiger partial charge in [-0.05, 0) is 24.5 Å². The molecule has 2 aromatic rings. The lowest BCUT2D eigenvalue weighted by Crippen LogP contribution is -2.46. The van der Waals surface area contributed by atoms with Crippen molar-refractivity contribution < 1.29 is 24.2 Å². The van der Waals surface area contributed by atoms with Gasteiger partial charge in [0.05, 0.1) is 0 Å². The molecule has 0 radical (unpaired) electrons. The fourth-order valence-electron chi connectivity index (χ4n) is 2.49. The molecule has 0 saturated carbocycles. The van der Waals surface area contributed by atoms with Crippen LogP contribution in [0, 0.1) is 5.92 Å². The molecule has 134 valence electrons. The van der Waals surface area contributed by atoms with Crippen molar-refractivity contribution in [2.45, 2.75) is 32.7 Å². The number of rotatable bonds is 8. The molecule has 0 aliphatic rings. The first-order valence-corrected chi connectivity index (χ1v) is 7.95. The van der Waals surface area contributed by atoms with Gasteiger partial charge in [0.2, 0.25) is 0 Å². The van der Waals surface area contributed by atoms with Crippen molar-refractivity contribution >= 4 is 12.1 Å². The van der Waals surface area contributed by atoms with Crippen LogP contribution < -0.4 is 0 Å². The predicted octanol–water partition coefficient (Wildman–Crippen LogP) is 2.76. The zero-order valence-electron chi connectivity index (χ0n) is 14.1. The van der Waals surface area contributed by atoms with Gasteiger partial charge in [-0.3, -0.25) is 9.88 Å². The van der Waals surface area contributed by atoms with E-state index in [1.807, 2.05) is 13.8 Å². The highest BCUT2D eigenvalue weighted by atomic mass is 16.4. The van der Waals surface area contributed by atoms with Crippen molar-refractivity contribution in [1.29, 1.82) is 0 Å². The molecule has 0 aliphatic carbocycles. The van der Waals surface area contributed by atoms with Gasteiger partial charge in [-0.1, -0.05) is 13.8 Å². The Morgan fingerprint density at radius 3 is 2.48 bits per heavy atom. The summed E-state index contributed by atoms with van der Waals surface area (Å²) in [5.74, 6) is -0.740. The van der Waals surface area contributed by atoms with Gasteiger partial charge in [-0.15, -0.1) is 0 Å². The van der Waals surface area contributed by atoms with Crippen molar-refractivity contribution in [2.75, 3.05) is 6.54 Å². The first-order valence-electron chi connectivity index (χ1n) is 7.95. The number of oxazole rings is 1. The van der Waals surface area contributed by atoms with Crippen LogP contribution in [0.2, 0.25) is 0 Å². The van der Waals surface area contributed by atoms with Crippen LogP contribution in [0.15, 0.2) is 35.2 Å². The average molecular weight is 347 g/mol. The van der Waals surface area contributed by atoms with E-state index in [1.165, 1.54) is 6.26 Å². The van der Waals surface area contributed by atoms with E-state index >= 15 is 0 Å². The minimum absolute atomic E-state index is 0.00464. The summed E-state index contributed by atoms with van der Waals surface area (Å²) in [7, 11) is 0. The Balaban J connectivity index is 2.07. The molecule has 2 N–H and O–H groups in total. The Bertz CT molecular complexity index is 714. The van der Waals surface area contributed by atoms with Gasteiger partial charge in [0.25, 0.3) is 0 Å². The summed E-state index contributed by atoms with van der Waals surface area (Å²) < 4.78 is 5.37. The molecule has 0 saturated heterocycles. The number of aromatic nitrogens is 2. The lowest BCUT2D eigenvalue weighted by atomic mass is 10.0. The number of hydrogen-bond acceptors (Lipinski definition) is 5. The third-order valence-electron chi connectivity index (χ3n) is 3.70. The molecule has 1 atom stereocenters. The Morgan fingerprint density at radius 1 is 1.24 bits per heavy atom. The molecule has 2 heterocycles. The molecule has 1 unspecified atom stereocenters. The van der Waals surface area contributed by atoms with Gasteiger partial charge in [0.15, 0.2) is 5.89 Å². The zero-order valence-corrected chi connectivity index (χ0v) is 14.1. The van der Waals surface area contributed by atoms with E-state index in [2.05, 4.69) is 9.97 Å². The highest BCUT2D eigenvalue weighted by molar-refractivity contribution is 5.79. The fourth-order valence-corrected chi connectivity index (χ4v) is 2.49.